The van der Waals surface area contributed by atoms with Crippen molar-refractivity contribution in [3.8, 4) is 11.5 Å². The van der Waals surface area contributed by atoms with E-state index in [-0.39, 0.29) is 5.78 Å². The van der Waals surface area contributed by atoms with Crippen LogP contribution in [0.4, 0.5) is 0 Å². The highest BCUT2D eigenvalue weighted by Gasteiger charge is 2.15. The fraction of sp³-hybridized carbons (Fsp3) is 0.278. The van der Waals surface area contributed by atoms with Gasteiger partial charge in [-0.1, -0.05) is 31.2 Å². The molecule has 0 aliphatic rings. The van der Waals surface area contributed by atoms with E-state index in [1.807, 2.05) is 44.2 Å². The highest BCUT2D eigenvalue weighted by molar-refractivity contribution is 6.10. The third-order valence-electron chi connectivity index (χ3n) is 3.26. The molecular formula is C18H20O3. The maximum atomic E-state index is 12.7. The first-order valence-corrected chi connectivity index (χ1v) is 7.08. The summed E-state index contributed by atoms with van der Waals surface area (Å²) in [5.74, 6) is 1.29. The van der Waals surface area contributed by atoms with Gasteiger partial charge >= 0.3 is 0 Å². The molecule has 2 aromatic rings. The molecular weight excluding hydrogens is 264 g/mol. The molecule has 0 atom stereocenters. The van der Waals surface area contributed by atoms with Crippen molar-refractivity contribution in [2.24, 2.45) is 0 Å². The van der Waals surface area contributed by atoms with Gasteiger partial charge in [-0.15, -0.1) is 0 Å². The minimum Gasteiger partial charge on any atom is -0.496 e. The zero-order valence-corrected chi connectivity index (χ0v) is 12.7. The second-order valence-electron chi connectivity index (χ2n) is 4.86. The molecule has 2 aromatic carbocycles. The first kappa shape index (κ1) is 15.1. The number of rotatable bonds is 6. The van der Waals surface area contributed by atoms with Crippen LogP contribution in [0.15, 0.2) is 42.5 Å². The minimum atomic E-state index is -0.0556. The van der Waals surface area contributed by atoms with E-state index in [0.717, 1.165) is 12.0 Å². The average Bonchev–Trinajstić information content (AvgIpc) is 2.53. The molecule has 3 heteroatoms. The summed E-state index contributed by atoms with van der Waals surface area (Å²) in [4.78, 5) is 12.7. The molecule has 0 fully saturated rings. The van der Waals surface area contributed by atoms with E-state index in [4.69, 9.17) is 9.47 Å². The van der Waals surface area contributed by atoms with Gasteiger partial charge in [0.2, 0.25) is 0 Å². The summed E-state index contributed by atoms with van der Waals surface area (Å²) in [6.45, 7) is 4.59. The van der Waals surface area contributed by atoms with E-state index >= 15 is 0 Å². The largest absolute Gasteiger partial charge is 0.496 e. The number of hydrogen-bond donors (Lipinski definition) is 0. The summed E-state index contributed by atoms with van der Waals surface area (Å²) >= 11 is 0. The van der Waals surface area contributed by atoms with Crippen molar-refractivity contribution in [3.63, 3.8) is 0 Å². The van der Waals surface area contributed by atoms with Gasteiger partial charge in [0.15, 0.2) is 5.78 Å². The third-order valence-corrected chi connectivity index (χ3v) is 3.26. The zero-order chi connectivity index (χ0) is 15.2. The van der Waals surface area contributed by atoms with Crippen LogP contribution in [0.3, 0.4) is 0 Å². The minimum absolute atomic E-state index is 0.0556. The lowest BCUT2D eigenvalue weighted by molar-refractivity contribution is 0.103. The first-order chi connectivity index (χ1) is 10.2. The number of carbonyl (C=O) groups is 1. The number of benzene rings is 2. The van der Waals surface area contributed by atoms with E-state index in [2.05, 4.69) is 0 Å². The van der Waals surface area contributed by atoms with Gasteiger partial charge in [-0.25, -0.2) is 0 Å². The van der Waals surface area contributed by atoms with Gasteiger partial charge in [0, 0.05) is 5.56 Å². The number of para-hydroxylation sites is 1. The Kier molecular flexibility index (Phi) is 4.99. The first-order valence-electron chi connectivity index (χ1n) is 7.08. The van der Waals surface area contributed by atoms with Crippen molar-refractivity contribution in [3.05, 3.63) is 59.2 Å². The maximum absolute atomic E-state index is 12.7. The molecule has 0 N–H and O–H groups in total. The van der Waals surface area contributed by atoms with Crippen LogP contribution < -0.4 is 9.47 Å². The van der Waals surface area contributed by atoms with E-state index < -0.39 is 0 Å². The Morgan fingerprint density at radius 2 is 1.86 bits per heavy atom. The Bertz CT molecular complexity index is 632. The number of ketones is 1. The highest BCUT2D eigenvalue weighted by Crippen LogP contribution is 2.25. The number of aryl methyl sites for hydroxylation is 1. The van der Waals surface area contributed by atoms with Crippen molar-refractivity contribution < 1.29 is 14.3 Å². The van der Waals surface area contributed by atoms with Crippen LogP contribution in [0.2, 0.25) is 0 Å². The monoisotopic (exact) mass is 284 g/mol. The van der Waals surface area contributed by atoms with Gasteiger partial charge in [-0.3, -0.25) is 4.79 Å². The molecule has 0 unspecified atom stereocenters. The molecule has 0 aliphatic heterocycles. The summed E-state index contributed by atoms with van der Waals surface area (Å²) < 4.78 is 10.9. The van der Waals surface area contributed by atoms with Crippen LogP contribution in [0.5, 0.6) is 11.5 Å². The number of carbonyl (C=O) groups excluding carboxylic acids is 1. The zero-order valence-electron chi connectivity index (χ0n) is 12.7. The molecule has 0 saturated carbocycles. The Balaban J connectivity index is 2.36. The predicted molar refractivity (Wildman–Crippen MR) is 83.4 cm³/mol. The van der Waals surface area contributed by atoms with Crippen molar-refractivity contribution >= 4 is 5.78 Å². The van der Waals surface area contributed by atoms with Crippen molar-refractivity contribution in [1.82, 2.24) is 0 Å². The van der Waals surface area contributed by atoms with E-state index in [9.17, 15) is 4.79 Å². The van der Waals surface area contributed by atoms with Crippen molar-refractivity contribution in [2.45, 2.75) is 20.3 Å². The van der Waals surface area contributed by atoms with Gasteiger partial charge in [-0.05, 0) is 37.1 Å². The summed E-state index contributed by atoms with van der Waals surface area (Å²) in [7, 11) is 1.61. The Labute approximate surface area is 125 Å². The van der Waals surface area contributed by atoms with Gasteiger partial charge in [0.1, 0.15) is 11.5 Å². The van der Waals surface area contributed by atoms with Gasteiger partial charge in [0.25, 0.3) is 0 Å². The average molecular weight is 284 g/mol. The summed E-state index contributed by atoms with van der Waals surface area (Å²) in [5, 5.41) is 0. The third kappa shape index (κ3) is 3.43. The summed E-state index contributed by atoms with van der Waals surface area (Å²) in [6.07, 6.45) is 0.904. The van der Waals surface area contributed by atoms with Gasteiger partial charge in [-0.2, -0.15) is 0 Å². The van der Waals surface area contributed by atoms with E-state index in [0.29, 0.717) is 29.2 Å². The fourth-order valence-electron chi connectivity index (χ4n) is 2.11. The smallest absolute Gasteiger partial charge is 0.196 e. The van der Waals surface area contributed by atoms with Crippen molar-refractivity contribution in [2.75, 3.05) is 13.7 Å². The van der Waals surface area contributed by atoms with Gasteiger partial charge in [0.05, 0.1) is 19.3 Å². The number of ether oxygens (including phenoxy) is 2. The van der Waals surface area contributed by atoms with Crippen LogP contribution in [-0.4, -0.2) is 19.5 Å². The Morgan fingerprint density at radius 1 is 1.10 bits per heavy atom. The standard InChI is InChI=1S/C18H20O3/c1-4-11-21-16-8-6-5-7-15(16)18(19)14-10-9-13(2)17(12-14)20-3/h5-10,12H,4,11H2,1-3H3. The normalized spacial score (nSPS) is 10.2. The molecule has 0 radical (unpaired) electrons. The van der Waals surface area contributed by atoms with E-state index in [1.165, 1.54) is 0 Å². The highest BCUT2D eigenvalue weighted by atomic mass is 16.5. The summed E-state index contributed by atoms with van der Waals surface area (Å²) in [6, 6.07) is 12.8. The summed E-state index contributed by atoms with van der Waals surface area (Å²) in [5.41, 5.74) is 2.19. The van der Waals surface area contributed by atoms with E-state index in [1.54, 1.807) is 19.2 Å². The van der Waals surface area contributed by atoms with Crippen LogP contribution in [0.1, 0.15) is 34.8 Å². The van der Waals surface area contributed by atoms with Crippen LogP contribution in [0, 0.1) is 6.92 Å². The molecule has 0 bridgehead atoms. The maximum Gasteiger partial charge on any atom is 0.196 e. The molecule has 110 valence electrons. The molecule has 0 aliphatic carbocycles. The molecule has 0 amide bonds. The molecule has 0 heterocycles. The van der Waals surface area contributed by atoms with Crippen molar-refractivity contribution in [1.29, 1.82) is 0 Å². The lowest BCUT2D eigenvalue weighted by Gasteiger charge is -2.11. The topological polar surface area (TPSA) is 35.5 Å². The van der Waals surface area contributed by atoms with Crippen LogP contribution in [-0.2, 0) is 0 Å². The fourth-order valence-corrected chi connectivity index (χ4v) is 2.11. The van der Waals surface area contributed by atoms with Gasteiger partial charge < -0.3 is 9.47 Å². The molecule has 0 saturated heterocycles. The predicted octanol–water partition coefficient (Wildman–Crippen LogP) is 4.02. The molecule has 0 spiro atoms. The number of hydrogen-bond acceptors (Lipinski definition) is 3. The van der Waals surface area contributed by atoms with Crippen LogP contribution >= 0.6 is 0 Å². The van der Waals surface area contributed by atoms with Crippen LogP contribution in [0.25, 0.3) is 0 Å². The Morgan fingerprint density at radius 3 is 2.57 bits per heavy atom. The second kappa shape index (κ2) is 6.93. The molecule has 3 nitrogen and oxygen atoms in total. The second-order valence-corrected chi connectivity index (χ2v) is 4.86. The lowest BCUT2D eigenvalue weighted by Crippen LogP contribution is -2.06. The Hall–Kier alpha value is -2.29. The quantitative estimate of drug-likeness (QED) is 0.751. The molecule has 21 heavy (non-hydrogen) atoms. The SMILES string of the molecule is CCCOc1ccccc1C(=O)c1ccc(C)c(OC)c1. The number of methoxy groups -OCH3 is 1. The lowest BCUT2D eigenvalue weighted by atomic mass is 10.0. The molecule has 0 aromatic heterocycles. The molecule has 2 rings (SSSR count).